The molecule has 19 heavy (non-hydrogen) atoms. The highest BCUT2D eigenvalue weighted by Gasteiger charge is 2.64. The molecule has 0 radical (unpaired) electrons. The molecule has 1 aliphatic carbocycles. The maximum Gasteiger partial charge on any atom is 0.411 e. The molecule has 10 heteroatoms. The third-order valence-electron chi connectivity index (χ3n) is 2.86. The second-order valence-corrected chi connectivity index (χ2v) is 4.58. The van der Waals surface area contributed by atoms with E-state index in [0.717, 1.165) is 0 Å². The van der Waals surface area contributed by atoms with Gasteiger partial charge in [-0.15, -0.1) is 0 Å². The van der Waals surface area contributed by atoms with E-state index in [1.54, 1.807) is 0 Å². The summed E-state index contributed by atoms with van der Waals surface area (Å²) >= 11 is 5.52. The quantitative estimate of drug-likeness (QED) is 0.527. The molecule has 0 amide bonds. The predicted octanol–water partition coefficient (Wildman–Crippen LogP) is 2.85. The Kier molecular flexibility index (Phi) is 3.04. The van der Waals surface area contributed by atoms with Crippen LogP contribution in [0.4, 0.5) is 24.7 Å². The van der Waals surface area contributed by atoms with Crippen molar-refractivity contribution in [2.75, 3.05) is 5.32 Å². The number of hydrogen-bond acceptors (Lipinski definition) is 5. The SMILES string of the molecule is Cc1nc(Cl)nc(NC2(C(F)(F)F)CC2)c1[N+](=O)[O-]. The standard InChI is InChI=1S/C9H8ClF3N4O2/c1-4-5(17(18)19)6(15-7(10)14-4)16-8(2-3-8)9(11,12)13/h2-3H2,1H3,(H,14,15,16). The number of rotatable bonds is 3. The molecular formula is C9H8ClF3N4O2. The van der Waals surface area contributed by atoms with Gasteiger partial charge < -0.3 is 5.32 Å². The average Bonchev–Trinajstić information content (AvgIpc) is 2.95. The molecule has 1 aromatic heterocycles. The molecule has 1 heterocycles. The van der Waals surface area contributed by atoms with Gasteiger partial charge in [0.1, 0.15) is 11.2 Å². The number of hydrogen-bond donors (Lipinski definition) is 1. The Morgan fingerprint density at radius 2 is 2.00 bits per heavy atom. The maximum atomic E-state index is 12.8. The van der Waals surface area contributed by atoms with Gasteiger partial charge in [0, 0.05) is 0 Å². The van der Waals surface area contributed by atoms with Gasteiger partial charge in [0.25, 0.3) is 0 Å². The fourth-order valence-electron chi connectivity index (χ4n) is 1.67. The van der Waals surface area contributed by atoms with E-state index < -0.39 is 28.1 Å². The minimum Gasteiger partial charge on any atom is -0.350 e. The van der Waals surface area contributed by atoms with E-state index in [2.05, 4.69) is 15.3 Å². The third-order valence-corrected chi connectivity index (χ3v) is 3.03. The zero-order valence-electron chi connectivity index (χ0n) is 9.58. The number of nitrogens with zero attached hydrogens (tertiary/aromatic N) is 3. The van der Waals surface area contributed by atoms with Gasteiger partial charge in [-0.1, -0.05) is 0 Å². The summed E-state index contributed by atoms with van der Waals surface area (Å²) in [7, 11) is 0. The number of aromatic nitrogens is 2. The lowest BCUT2D eigenvalue weighted by molar-refractivity contribution is -0.385. The van der Waals surface area contributed by atoms with Crippen molar-refractivity contribution < 1.29 is 18.1 Å². The molecule has 0 unspecified atom stereocenters. The van der Waals surface area contributed by atoms with Crippen LogP contribution in [0.5, 0.6) is 0 Å². The molecule has 0 aliphatic heterocycles. The molecule has 1 aliphatic rings. The highest BCUT2D eigenvalue weighted by molar-refractivity contribution is 6.28. The molecule has 1 N–H and O–H groups in total. The van der Waals surface area contributed by atoms with E-state index in [1.165, 1.54) is 6.92 Å². The Bertz CT molecular complexity index is 545. The van der Waals surface area contributed by atoms with Gasteiger partial charge in [-0.05, 0) is 31.4 Å². The Morgan fingerprint density at radius 3 is 2.42 bits per heavy atom. The number of alkyl halides is 3. The summed E-state index contributed by atoms with van der Waals surface area (Å²) in [6, 6.07) is 0. The van der Waals surface area contributed by atoms with Crippen LogP contribution in [-0.2, 0) is 0 Å². The van der Waals surface area contributed by atoms with Gasteiger partial charge in [0.2, 0.25) is 11.1 Å². The summed E-state index contributed by atoms with van der Waals surface area (Å²) in [5.41, 5.74) is -2.84. The topological polar surface area (TPSA) is 81.0 Å². The van der Waals surface area contributed by atoms with Crippen molar-refractivity contribution in [2.24, 2.45) is 0 Å². The van der Waals surface area contributed by atoms with Crippen LogP contribution >= 0.6 is 11.6 Å². The smallest absolute Gasteiger partial charge is 0.350 e. The van der Waals surface area contributed by atoms with Crippen LogP contribution in [0, 0.1) is 17.0 Å². The lowest BCUT2D eigenvalue weighted by Crippen LogP contribution is -2.39. The monoisotopic (exact) mass is 296 g/mol. The van der Waals surface area contributed by atoms with Crippen molar-refractivity contribution in [1.82, 2.24) is 9.97 Å². The average molecular weight is 297 g/mol. The summed E-state index contributed by atoms with van der Waals surface area (Å²) in [4.78, 5) is 17.1. The van der Waals surface area contributed by atoms with Crippen molar-refractivity contribution in [3.8, 4) is 0 Å². The largest absolute Gasteiger partial charge is 0.411 e. The fraction of sp³-hybridized carbons (Fsp3) is 0.556. The van der Waals surface area contributed by atoms with Crippen LogP contribution in [0.2, 0.25) is 5.28 Å². The van der Waals surface area contributed by atoms with E-state index in [4.69, 9.17) is 11.6 Å². The summed E-state index contributed by atoms with van der Waals surface area (Å²) in [6.07, 6.45) is -4.82. The Morgan fingerprint density at radius 1 is 1.42 bits per heavy atom. The molecule has 6 nitrogen and oxygen atoms in total. The Labute approximate surface area is 110 Å². The Hall–Kier alpha value is -1.64. The van der Waals surface area contributed by atoms with Crippen LogP contribution in [-0.4, -0.2) is 26.6 Å². The van der Waals surface area contributed by atoms with Gasteiger partial charge in [0.05, 0.1) is 4.92 Å². The van der Waals surface area contributed by atoms with Gasteiger partial charge in [-0.2, -0.15) is 18.2 Å². The minimum atomic E-state index is -4.51. The van der Waals surface area contributed by atoms with Crippen LogP contribution in [0.1, 0.15) is 18.5 Å². The summed E-state index contributed by atoms with van der Waals surface area (Å²) in [5, 5.41) is 12.6. The Balaban J connectivity index is 2.43. The van der Waals surface area contributed by atoms with Crippen LogP contribution < -0.4 is 5.32 Å². The molecule has 0 saturated heterocycles. The van der Waals surface area contributed by atoms with E-state index >= 15 is 0 Å². The number of anilines is 1. The van der Waals surface area contributed by atoms with E-state index in [-0.39, 0.29) is 23.8 Å². The third kappa shape index (κ3) is 2.42. The van der Waals surface area contributed by atoms with Crippen LogP contribution in [0.15, 0.2) is 0 Å². The van der Waals surface area contributed by atoms with Gasteiger partial charge in [-0.25, -0.2) is 4.98 Å². The minimum absolute atomic E-state index is 0.0922. The first kappa shape index (κ1) is 13.8. The molecule has 104 valence electrons. The number of halogens is 4. The first-order chi connectivity index (χ1) is 8.66. The van der Waals surface area contributed by atoms with Crippen molar-refractivity contribution in [2.45, 2.75) is 31.5 Å². The van der Waals surface area contributed by atoms with Crippen molar-refractivity contribution in [3.05, 3.63) is 21.1 Å². The zero-order valence-corrected chi connectivity index (χ0v) is 10.3. The second-order valence-electron chi connectivity index (χ2n) is 4.24. The number of nitro groups is 1. The molecule has 0 bridgehead atoms. The molecule has 1 aromatic rings. The highest BCUT2D eigenvalue weighted by atomic mass is 35.5. The van der Waals surface area contributed by atoms with Gasteiger partial charge in [0.15, 0.2) is 0 Å². The first-order valence-corrected chi connectivity index (χ1v) is 5.57. The summed E-state index contributed by atoms with van der Waals surface area (Å²) in [5.74, 6) is -0.502. The molecular weight excluding hydrogens is 289 g/mol. The first-order valence-electron chi connectivity index (χ1n) is 5.20. The van der Waals surface area contributed by atoms with Gasteiger partial charge >= 0.3 is 11.9 Å². The molecule has 0 aromatic carbocycles. The second kappa shape index (κ2) is 4.19. The van der Waals surface area contributed by atoms with Crippen molar-refractivity contribution >= 4 is 23.1 Å². The highest BCUT2D eigenvalue weighted by Crippen LogP contribution is 2.51. The summed E-state index contributed by atoms with van der Waals surface area (Å²) in [6.45, 7) is 1.28. The number of nitrogens with one attached hydrogen (secondary N) is 1. The normalized spacial score (nSPS) is 17.1. The lowest BCUT2D eigenvalue weighted by atomic mass is 10.2. The fourth-order valence-corrected chi connectivity index (χ4v) is 1.88. The molecule has 1 saturated carbocycles. The zero-order chi connectivity index (χ0) is 14.4. The van der Waals surface area contributed by atoms with Crippen molar-refractivity contribution in [1.29, 1.82) is 0 Å². The van der Waals surface area contributed by atoms with Gasteiger partial charge in [-0.3, -0.25) is 10.1 Å². The predicted molar refractivity (Wildman–Crippen MR) is 60.1 cm³/mol. The molecule has 1 fully saturated rings. The molecule has 2 rings (SSSR count). The maximum absolute atomic E-state index is 12.8. The van der Waals surface area contributed by atoms with E-state index in [0.29, 0.717) is 0 Å². The summed E-state index contributed by atoms with van der Waals surface area (Å²) < 4.78 is 38.4. The number of aryl methyl sites for hydroxylation is 1. The van der Waals surface area contributed by atoms with E-state index in [9.17, 15) is 23.3 Å². The van der Waals surface area contributed by atoms with Crippen LogP contribution in [0.25, 0.3) is 0 Å². The molecule has 0 atom stereocenters. The molecule has 0 spiro atoms. The van der Waals surface area contributed by atoms with Crippen LogP contribution in [0.3, 0.4) is 0 Å². The van der Waals surface area contributed by atoms with E-state index in [1.807, 2.05) is 0 Å². The lowest BCUT2D eigenvalue weighted by Gasteiger charge is -2.21. The van der Waals surface area contributed by atoms with Crippen molar-refractivity contribution in [3.63, 3.8) is 0 Å².